The van der Waals surface area contributed by atoms with Gasteiger partial charge in [-0.1, -0.05) is 10.3 Å². The summed E-state index contributed by atoms with van der Waals surface area (Å²) < 4.78 is 36.5. The Bertz CT molecular complexity index is 1000. The predicted molar refractivity (Wildman–Crippen MR) is 87.7 cm³/mol. The highest BCUT2D eigenvalue weighted by atomic mass is 32.2. The molecule has 1 amide bonds. The molecule has 3 rings (SSSR count). The molecule has 0 spiro atoms. The van der Waals surface area contributed by atoms with Crippen LogP contribution in [-0.4, -0.2) is 24.6 Å². The smallest absolute Gasteiger partial charge is 0.263 e. The van der Waals surface area contributed by atoms with E-state index in [-0.39, 0.29) is 22.1 Å². The molecule has 0 saturated carbocycles. The minimum atomic E-state index is -3.83. The van der Waals surface area contributed by atoms with Crippen molar-refractivity contribution in [2.24, 2.45) is 0 Å². The Balaban J connectivity index is 1.73. The van der Waals surface area contributed by atoms with E-state index in [1.165, 1.54) is 30.3 Å². The molecule has 10 heteroatoms. The Kier molecular flexibility index (Phi) is 4.28. The number of carbonyl (C=O) groups is 1. The summed E-state index contributed by atoms with van der Waals surface area (Å²) in [7, 11) is -3.83. The van der Waals surface area contributed by atoms with Gasteiger partial charge in [-0.25, -0.2) is 8.42 Å². The van der Waals surface area contributed by atoms with Gasteiger partial charge in [0.25, 0.3) is 15.9 Å². The first kappa shape index (κ1) is 16.7. The summed E-state index contributed by atoms with van der Waals surface area (Å²) in [5, 5.41) is 9.78. The number of aromatic nitrogens is 2. The third-order valence-electron chi connectivity index (χ3n) is 3.16. The van der Waals surface area contributed by atoms with Crippen molar-refractivity contribution in [3.05, 3.63) is 53.5 Å². The van der Waals surface area contributed by atoms with Crippen LogP contribution in [0.5, 0.6) is 0 Å². The van der Waals surface area contributed by atoms with Gasteiger partial charge in [-0.05, 0) is 38.1 Å². The fourth-order valence-corrected chi connectivity index (χ4v) is 2.99. The lowest BCUT2D eigenvalue weighted by molar-refractivity contribution is 0.102. The van der Waals surface area contributed by atoms with Gasteiger partial charge in [0.15, 0.2) is 11.6 Å². The number of rotatable bonds is 5. The summed E-state index contributed by atoms with van der Waals surface area (Å²) in [5.41, 5.74) is 0.275. The van der Waals surface area contributed by atoms with E-state index >= 15 is 0 Å². The van der Waals surface area contributed by atoms with Gasteiger partial charge in [0.2, 0.25) is 0 Å². The normalized spacial score (nSPS) is 11.3. The van der Waals surface area contributed by atoms with Crippen LogP contribution in [0.2, 0.25) is 0 Å². The highest BCUT2D eigenvalue weighted by Crippen LogP contribution is 2.17. The molecule has 25 heavy (non-hydrogen) atoms. The standard InChI is InChI=1S/C15H14N4O5S/c1-9-7-13(17-23-9)16-15(20)11-3-5-12(6-4-11)25(21,22)19-14-8-10(2)24-18-14/h3-8H,1-2H3,(H,18,19)(H,16,17,20). The number of hydrogen-bond acceptors (Lipinski definition) is 7. The molecule has 2 aromatic heterocycles. The zero-order valence-electron chi connectivity index (χ0n) is 13.3. The van der Waals surface area contributed by atoms with Crippen molar-refractivity contribution in [3.8, 4) is 0 Å². The van der Waals surface area contributed by atoms with Crippen LogP contribution in [0, 0.1) is 13.8 Å². The Hall–Kier alpha value is -3.14. The first-order valence-corrected chi connectivity index (χ1v) is 8.63. The van der Waals surface area contributed by atoms with Gasteiger partial charge in [0.1, 0.15) is 11.5 Å². The average molecular weight is 362 g/mol. The molecule has 1 aromatic carbocycles. The highest BCUT2D eigenvalue weighted by molar-refractivity contribution is 7.92. The minimum absolute atomic E-state index is 0.0121. The molecule has 0 bridgehead atoms. The zero-order valence-corrected chi connectivity index (χ0v) is 14.1. The predicted octanol–water partition coefficient (Wildman–Crippen LogP) is 2.33. The summed E-state index contributed by atoms with van der Waals surface area (Å²) in [6, 6.07) is 8.45. The lowest BCUT2D eigenvalue weighted by Crippen LogP contribution is -2.15. The Morgan fingerprint density at radius 2 is 1.52 bits per heavy atom. The molecule has 0 aliphatic carbocycles. The number of amides is 1. The topological polar surface area (TPSA) is 127 Å². The molecule has 0 aliphatic heterocycles. The summed E-state index contributed by atoms with van der Waals surface area (Å²) in [4.78, 5) is 12.1. The van der Waals surface area contributed by atoms with Crippen LogP contribution in [0.15, 0.2) is 50.3 Å². The highest BCUT2D eigenvalue weighted by Gasteiger charge is 2.17. The largest absolute Gasteiger partial charge is 0.360 e. The average Bonchev–Trinajstić information content (AvgIpc) is 3.15. The molecule has 2 N–H and O–H groups in total. The van der Waals surface area contributed by atoms with Crippen LogP contribution in [-0.2, 0) is 10.0 Å². The quantitative estimate of drug-likeness (QED) is 0.713. The van der Waals surface area contributed by atoms with Crippen molar-refractivity contribution >= 4 is 27.6 Å². The number of sulfonamides is 1. The second-order valence-electron chi connectivity index (χ2n) is 5.23. The minimum Gasteiger partial charge on any atom is -0.360 e. The van der Waals surface area contributed by atoms with Crippen molar-refractivity contribution in [2.45, 2.75) is 18.7 Å². The summed E-state index contributed by atoms with van der Waals surface area (Å²) in [6.45, 7) is 3.35. The van der Waals surface area contributed by atoms with Gasteiger partial charge in [-0.2, -0.15) is 0 Å². The molecule has 0 saturated heterocycles. The first-order valence-electron chi connectivity index (χ1n) is 7.14. The van der Waals surface area contributed by atoms with E-state index in [1.54, 1.807) is 19.9 Å². The maximum absolute atomic E-state index is 12.3. The van der Waals surface area contributed by atoms with Gasteiger partial charge in [0, 0.05) is 17.7 Å². The second-order valence-corrected chi connectivity index (χ2v) is 6.91. The monoisotopic (exact) mass is 362 g/mol. The van der Waals surface area contributed by atoms with Crippen molar-refractivity contribution in [1.29, 1.82) is 0 Å². The maximum Gasteiger partial charge on any atom is 0.263 e. The van der Waals surface area contributed by atoms with Crippen LogP contribution >= 0.6 is 0 Å². The number of nitrogens with zero attached hydrogens (tertiary/aromatic N) is 2. The summed E-state index contributed by atoms with van der Waals surface area (Å²) in [6.07, 6.45) is 0. The van der Waals surface area contributed by atoms with Crippen LogP contribution in [0.25, 0.3) is 0 Å². The first-order chi connectivity index (χ1) is 11.8. The molecule has 2 heterocycles. The van der Waals surface area contributed by atoms with E-state index in [0.29, 0.717) is 11.5 Å². The number of carbonyl (C=O) groups excluding carboxylic acids is 1. The van der Waals surface area contributed by atoms with Gasteiger partial charge < -0.3 is 14.4 Å². The van der Waals surface area contributed by atoms with Crippen LogP contribution in [0.3, 0.4) is 0 Å². The molecule has 0 unspecified atom stereocenters. The van der Waals surface area contributed by atoms with E-state index in [4.69, 9.17) is 9.05 Å². The lowest BCUT2D eigenvalue weighted by atomic mass is 10.2. The molecular formula is C15H14N4O5S. The van der Waals surface area contributed by atoms with E-state index in [1.807, 2.05) is 0 Å². The summed E-state index contributed by atoms with van der Waals surface area (Å²) in [5.74, 6) is 0.971. The third kappa shape index (κ3) is 3.86. The van der Waals surface area contributed by atoms with E-state index < -0.39 is 15.9 Å². The van der Waals surface area contributed by atoms with Crippen molar-refractivity contribution in [2.75, 3.05) is 10.0 Å². The Morgan fingerprint density at radius 1 is 0.960 bits per heavy atom. The Labute approximate surface area is 143 Å². The van der Waals surface area contributed by atoms with Gasteiger partial charge in [-0.15, -0.1) is 0 Å². The fraction of sp³-hybridized carbons (Fsp3) is 0.133. The molecule has 0 fully saturated rings. The molecule has 3 aromatic rings. The SMILES string of the molecule is Cc1cc(NC(=O)c2ccc(S(=O)(=O)Nc3cc(C)on3)cc2)no1. The molecule has 0 radical (unpaired) electrons. The van der Waals surface area contributed by atoms with Crippen LogP contribution in [0.4, 0.5) is 11.6 Å². The molecular weight excluding hydrogens is 348 g/mol. The van der Waals surface area contributed by atoms with E-state index in [9.17, 15) is 13.2 Å². The van der Waals surface area contributed by atoms with Crippen LogP contribution < -0.4 is 10.0 Å². The summed E-state index contributed by atoms with van der Waals surface area (Å²) >= 11 is 0. The van der Waals surface area contributed by atoms with Crippen molar-refractivity contribution < 1.29 is 22.3 Å². The molecule has 0 atom stereocenters. The van der Waals surface area contributed by atoms with Gasteiger partial charge in [-0.3, -0.25) is 9.52 Å². The second kappa shape index (κ2) is 6.40. The van der Waals surface area contributed by atoms with Gasteiger partial charge >= 0.3 is 0 Å². The number of aryl methyl sites for hydroxylation is 2. The third-order valence-corrected chi connectivity index (χ3v) is 4.53. The zero-order chi connectivity index (χ0) is 18.0. The van der Waals surface area contributed by atoms with E-state index in [0.717, 1.165) is 0 Å². The molecule has 9 nitrogen and oxygen atoms in total. The van der Waals surface area contributed by atoms with Crippen molar-refractivity contribution in [1.82, 2.24) is 10.3 Å². The number of nitrogens with one attached hydrogen (secondary N) is 2. The fourth-order valence-electron chi connectivity index (χ4n) is 2.01. The number of hydrogen-bond donors (Lipinski definition) is 2. The van der Waals surface area contributed by atoms with Crippen molar-refractivity contribution in [3.63, 3.8) is 0 Å². The maximum atomic E-state index is 12.3. The Morgan fingerprint density at radius 3 is 2.04 bits per heavy atom. The van der Waals surface area contributed by atoms with E-state index in [2.05, 4.69) is 20.4 Å². The van der Waals surface area contributed by atoms with Gasteiger partial charge in [0.05, 0.1) is 4.90 Å². The molecule has 130 valence electrons. The van der Waals surface area contributed by atoms with Crippen LogP contribution in [0.1, 0.15) is 21.9 Å². The lowest BCUT2D eigenvalue weighted by Gasteiger charge is -2.06. The number of benzene rings is 1. The number of anilines is 2. The molecule has 0 aliphatic rings.